The Morgan fingerprint density at radius 2 is 1.77 bits per heavy atom. The Labute approximate surface area is 255 Å². The Hall–Kier alpha value is -4.73. The fourth-order valence-electron chi connectivity index (χ4n) is 6.56. The zero-order valence-corrected chi connectivity index (χ0v) is 24.8. The maximum atomic E-state index is 13.9. The van der Waals surface area contributed by atoms with Crippen LogP contribution in [0.25, 0.3) is 10.9 Å². The fourth-order valence-corrected chi connectivity index (χ4v) is 6.56. The number of esters is 1. The Bertz CT molecular complexity index is 1740. The van der Waals surface area contributed by atoms with Crippen LogP contribution in [0.3, 0.4) is 0 Å². The highest BCUT2D eigenvalue weighted by Crippen LogP contribution is 2.30. The van der Waals surface area contributed by atoms with Gasteiger partial charge in [-0.15, -0.1) is 0 Å². The molecule has 5 heterocycles. The van der Waals surface area contributed by atoms with Gasteiger partial charge in [0.1, 0.15) is 24.7 Å². The van der Waals surface area contributed by atoms with Gasteiger partial charge in [0.25, 0.3) is 11.8 Å². The normalized spacial score (nSPS) is 17.1. The van der Waals surface area contributed by atoms with Gasteiger partial charge in [0.2, 0.25) is 0 Å². The first kappa shape index (κ1) is 28.1. The lowest BCUT2D eigenvalue weighted by Gasteiger charge is -2.32. The van der Waals surface area contributed by atoms with Gasteiger partial charge in [-0.3, -0.25) is 14.3 Å². The van der Waals surface area contributed by atoms with Crippen LogP contribution in [0.4, 0.5) is 0 Å². The second-order valence-electron chi connectivity index (χ2n) is 11.8. The Balaban J connectivity index is 1.16. The molecule has 226 valence electrons. The number of benzene rings is 2. The number of amides is 2. The van der Waals surface area contributed by atoms with E-state index in [4.69, 9.17) is 14.5 Å². The number of pyridine rings is 1. The number of aromatic nitrogens is 3. The topological polar surface area (TPSA) is 107 Å². The van der Waals surface area contributed by atoms with Gasteiger partial charge in [0.15, 0.2) is 0 Å². The van der Waals surface area contributed by atoms with Crippen molar-refractivity contribution >= 4 is 28.7 Å². The van der Waals surface area contributed by atoms with Crippen molar-refractivity contribution in [1.82, 2.24) is 24.6 Å². The number of carbonyl (C=O) groups excluding carboxylic acids is 3. The molecule has 2 amide bonds. The van der Waals surface area contributed by atoms with Crippen molar-refractivity contribution in [3.05, 3.63) is 88.4 Å². The van der Waals surface area contributed by atoms with Crippen LogP contribution in [-0.2, 0) is 18.0 Å². The molecule has 44 heavy (non-hydrogen) atoms. The molecule has 10 heteroatoms. The average Bonchev–Trinajstić information content (AvgIpc) is 3.74. The zero-order valence-electron chi connectivity index (χ0n) is 24.8. The van der Waals surface area contributed by atoms with Crippen LogP contribution in [0, 0.1) is 6.92 Å². The van der Waals surface area contributed by atoms with Gasteiger partial charge in [0.05, 0.1) is 22.7 Å². The quantitative estimate of drug-likeness (QED) is 0.287. The van der Waals surface area contributed by atoms with E-state index in [1.54, 1.807) is 18.3 Å². The molecule has 7 rings (SSSR count). The van der Waals surface area contributed by atoms with Crippen LogP contribution < -0.4 is 4.74 Å². The van der Waals surface area contributed by atoms with Crippen LogP contribution in [0.1, 0.15) is 86.0 Å². The first-order valence-electron chi connectivity index (χ1n) is 15.4. The summed E-state index contributed by atoms with van der Waals surface area (Å²) in [7, 11) is 0. The minimum atomic E-state index is -0.292. The number of cyclic esters (lactones) is 1. The van der Waals surface area contributed by atoms with Crippen molar-refractivity contribution in [2.45, 2.75) is 58.3 Å². The highest BCUT2D eigenvalue weighted by molar-refractivity contribution is 6.09. The number of carbonyl (C=O) groups is 3. The summed E-state index contributed by atoms with van der Waals surface area (Å²) < 4.78 is 13.4. The minimum absolute atomic E-state index is 0.0835. The van der Waals surface area contributed by atoms with E-state index >= 15 is 0 Å². The van der Waals surface area contributed by atoms with Crippen LogP contribution >= 0.6 is 0 Å². The summed E-state index contributed by atoms with van der Waals surface area (Å²) in [5.41, 5.74) is 4.79. The first-order valence-corrected chi connectivity index (χ1v) is 15.4. The second-order valence-corrected chi connectivity index (χ2v) is 11.8. The van der Waals surface area contributed by atoms with Crippen LogP contribution in [0.2, 0.25) is 0 Å². The van der Waals surface area contributed by atoms with E-state index < -0.39 is 0 Å². The summed E-state index contributed by atoms with van der Waals surface area (Å²) in [6.45, 7) is 5.16. The van der Waals surface area contributed by atoms with Crippen molar-refractivity contribution in [1.29, 1.82) is 0 Å². The SMILES string of the molecule is Cc1c(COc2ccc3nc(C(=O)N4CCC(n5cccn5)CC4)cc(C(=O)N4CCCCC4)c3c2)ccc2c1COC2=O. The average molecular weight is 594 g/mol. The summed E-state index contributed by atoms with van der Waals surface area (Å²) in [6.07, 6.45) is 8.42. The van der Waals surface area contributed by atoms with Gasteiger partial charge in [-0.2, -0.15) is 5.10 Å². The molecule has 3 aliphatic rings. The molecule has 0 bridgehead atoms. The molecular weight excluding hydrogens is 558 g/mol. The van der Waals surface area contributed by atoms with E-state index in [9.17, 15) is 14.4 Å². The van der Waals surface area contributed by atoms with Gasteiger partial charge in [-0.1, -0.05) is 6.07 Å². The number of hydrogen-bond donors (Lipinski definition) is 0. The number of hydrogen-bond acceptors (Lipinski definition) is 7. The third-order valence-corrected chi connectivity index (χ3v) is 9.20. The number of fused-ring (bicyclic) bond motifs is 2. The Kier molecular flexibility index (Phi) is 7.49. The van der Waals surface area contributed by atoms with Crippen molar-refractivity contribution in [2.75, 3.05) is 26.2 Å². The summed E-state index contributed by atoms with van der Waals surface area (Å²) in [6, 6.07) is 13.0. The number of likely N-dealkylation sites (tertiary alicyclic amines) is 2. The minimum Gasteiger partial charge on any atom is -0.489 e. The maximum absolute atomic E-state index is 13.9. The molecule has 4 aromatic rings. The third-order valence-electron chi connectivity index (χ3n) is 9.20. The molecule has 2 saturated heterocycles. The van der Waals surface area contributed by atoms with E-state index in [-0.39, 0.29) is 36.1 Å². The van der Waals surface area contributed by atoms with Crippen LogP contribution in [-0.4, -0.2) is 68.5 Å². The third kappa shape index (κ3) is 5.29. The van der Waals surface area contributed by atoms with Crippen LogP contribution in [0.15, 0.2) is 54.9 Å². The molecule has 0 N–H and O–H groups in total. The van der Waals surface area contributed by atoms with Crippen molar-refractivity contribution in [3.63, 3.8) is 0 Å². The predicted molar refractivity (Wildman–Crippen MR) is 163 cm³/mol. The highest BCUT2D eigenvalue weighted by Gasteiger charge is 2.29. The van der Waals surface area contributed by atoms with E-state index in [0.29, 0.717) is 60.6 Å². The molecule has 10 nitrogen and oxygen atoms in total. The molecular formula is C34H35N5O5. The van der Waals surface area contributed by atoms with E-state index in [1.165, 1.54) is 0 Å². The molecule has 0 spiro atoms. The highest BCUT2D eigenvalue weighted by atomic mass is 16.5. The Morgan fingerprint density at radius 3 is 2.55 bits per heavy atom. The number of ether oxygens (including phenoxy) is 2. The van der Waals surface area contributed by atoms with Gasteiger partial charge in [-0.25, -0.2) is 9.78 Å². The van der Waals surface area contributed by atoms with Gasteiger partial charge in [-0.05, 0) is 86.6 Å². The van der Waals surface area contributed by atoms with Crippen molar-refractivity contribution < 1.29 is 23.9 Å². The first-order chi connectivity index (χ1) is 21.5. The molecule has 3 aliphatic heterocycles. The number of rotatable bonds is 6. The fraction of sp³-hybridized carbons (Fsp3) is 0.382. The lowest BCUT2D eigenvalue weighted by molar-refractivity contribution is 0.0534. The molecule has 0 saturated carbocycles. The summed E-state index contributed by atoms with van der Waals surface area (Å²) in [5.74, 6) is 0.0623. The molecule has 2 aromatic carbocycles. The lowest BCUT2D eigenvalue weighted by atomic mass is 9.99. The molecule has 0 radical (unpaired) electrons. The van der Waals surface area contributed by atoms with Gasteiger partial charge in [0, 0.05) is 49.5 Å². The van der Waals surface area contributed by atoms with E-state index in [1.807, 2.05) is 57.9 Å². The standard InChI is InChI=1S/C34H35N5O5/c1-22-23(6-8-26-29(22)21-44-34(26)42)20-43-25-7-9-30-27(18-25)28(32(40)37-13-3-2-4-14-37)19-31(36-30)33(41)38-16-10-24(11-17-38)39-15-5-12-35-39/h5-9,12,15,18-19,24H,2-4,10-11,13-14,16-17,20-21H2,1H3. The summed E-state index contributed by atoms with van der Waals surface area (Å²) in [4.78, 5) is 48.0. The van der Waals surface area contributed by atoms with Crippen molar-refractivity contribution in [2.24, 2.45) is 0 Å². The van der Waals surface area contributed by atoms with Crippen LogP contribution in [0.5, 0.6) is 5.75 Å². The van der Waals surface area contributed by atoms with E-state index in [2.05, 4.69) is 5.10 Å². The molecule has 0 aliphatic carbocycles. The lowest BCUT2D eigenvalue weighted by Crippen LogP contribution is -2.40. The largest absolute Gasteiger partial charge is 0.489 e. The number of piperidine rings is 2. The molecule has 0 atom stereocenters. The smallest absolute Gasteiger partial charge is 0.338 e. The number of nitrogens with zero attached hydrogens (tertiary/aromatic N) is 5. The van der Waals surface area contributed by atoms with Gasteiger partial charge >= 0.3 is 5.97 Å². The Morgan fingerprint density at radius 1 is 0.977 bits per heavy atom. The maximum Gasteiger partial charge on any atom is 0.338 e. The molecule has 0 unspecified atom stereocenters. The monoisotopic (exact) mass is 593 g/mol. The van der Waals surface area contributed by atoms with Crippen molar-refractivity contribution in [3.8, 4) is 5.75 Å². The molecule has 2 fully saturated rings. The molecule has 2 aromatic heterocycles. The summed E-state index contributed by atoms with van der Waals surface area (Å²) in [5, 5.41) is 5.03. The summed E-state index contributed by atoms with van der Waals surface area (Å²) >= 11 is 0. The van der Waals surface area contributed by atoms with E-state index in [0.717, 1.165) is 48.8 Å². The van der Waals surface area contributed by atoms with Gasteiger partial charge < -0.3 is 19.3 Å². The second kappa shape index (κ2) is 11.7. The predicted octanol–water partition coefficient (Wildman–Crippen LogP) is 5.09. The zero-order chi connectivity index (χ0) is 30.2.